The van der Waals surface area contributed by atoms with Crippen LogP contribution < -0.4 is 16.2 Å². The van der Waals surface area contributed by atoms with Crippen LogP contribution in [-0.2, 0) is 6.54 Å². The molecular formula is C14H14BrN3S. The molecule has 0 aromatic heterocycles. The number of rotatable bonds is 4. The topological polar surface area (TPSA) is 36.1 Å². The van der Waals surface area contributed by atoms with Crippen LogP contribution >= 0.6 is 28.1 Å². The highest BCUT2D eigenvalue weighted by Gasteiger charge is 1.96. The molecular weight excluding hydrogens is 322 g/mol. The first-order chi connectivity index (χ1) is 9.24. The zero-order valence-corrected chi connectivity index (χ0v) is 12.6. The van der Waals surface area contributed by atoms with E-state index in [-0.39, 0.29) is 0 Å². The molecule has 0 spiro atoms. The number of hydrazine groups is 1. The van der Waals surface area contributed by atoms with Crippen LogP contribution in [0.3, 0.4) is 0 Å². The molecule has 0 aliphatic rings. The van der Waals surface area contributed by atoms with Crippen molar-refractivity contribution in [1.29, 1.82) is 0 Å². The summed E-state index contributed by atoms with van der Waals surface area (Å²) >= 11 is 8.60. The summed E-state index contributed by atoms with van der Waals surface area (Å²) in [5.74, 6) is 0. The van der Waals surface area contributed by atoms with Gasteiger partial charge in [0.2, 0.25) is 0 Å². The van der Waals surface area contributed by atoms with Crippen molar-refractivity contribution in [2.75, 3.05) is 5.43 Å². The van der Waals surface area contributed by atoms with E-state index in [1.165, 1.54) is 5.56 Å². The zero-order chi connectivity index (χ0) is 13.5. The molecule has 19 heavy (non-hydrogen) atoms. The average molecular weight is 336 g/mol. The van der Waals surface area contributed by atoms with E-state index in [2.05, 4.69) is 44.2 Å². The van der Waals surface area contributed by atoms with E-state index in [1.54, 1.807) is 0 Å². The minimum absolute atomic E-state index is 0.559. The fourth-order valence-corrected chi connectivity index (χ4v) is 2.04. The molecule has 0 saturated carbocycles. The lowest BCUT2D eigenvalue weighted by Gasteiger charge is -2.12. The highest BCUT2D eigenvalue weighted by Crippen LogP contribution is 2.14. The Morgan fingerprint density at radius 2 is 1.84 bits per heavy atom. The van der Waals surface area contributed by atoms with Crippen LogP contribution in [0.5, 0.6) is 0 Å². The van der Waals surface area contributed by atoms with Crippen molar-refractivity contribution in [1.82, 2.24) is 10.7 Å². The van der Waals surface area contributed by atoms with E-state index < -0.39 is 0 Å². The van der Waals surface area contributed by atoms with Gasteiger partial charge in [0.05, 0.1) is 5.69 Å². The third-order valence-corrected chi connectivity index (χ3v) is 3.18. The summed E-state index contributed by atoms with van der Waals surface area (Å²) in [6, 6.07) is 18.0. The Morgan fingerprint density at radius 3 is 2.58 bits per heavy atom. The van der Waals surface area contributed by atoms with E-state index in [4.69, 9.17) is 12.2 Å². The van der Waals surface area contributed by atoms with Crippen LogP contribution in [0.4, 0.5) is 5.69 Å². The smallest absolute Gasteiger partial charge is 0.185 e. The second-order valence-electron chi connectivity index (χ2n) is 3.93. The first-order valence-corrected chi connectivity index (χ1v) is 7.03. The molecule has 0 aliphatic heterocycles. The number of hydrogen-bond acceptors (Lipinski definition) is 2. The van der Waals surface area contributed by atoms with Crippen molar-refractivity contribution in [2.24, 2.45) is 0 Å². The van der Waals surface area contributed by atoms with E-state index >= 15 is 0 Å². The van der Waals surface area contributed by atoms with Crippen molar-refractivity contribution in [3.05, 3.63) is 64.6 Å². The number of hydrogen-bond donors (Lipinski definition) is 3. The molecule has 0 atom stereocenters. The molecule has 0 fully saturated rings. The molecule has 0 saturated heterocycles. The number of halogens is 1. The van der Waals surface area contributed by atoms with Crippen molar-refractivity contribution in [3.63, 3.8) is 0 Å². The molecule has 2 rings (SSSR count). The third-order valence-electron chi connectivity index (χ3n) is 2.44. The molecule has 2 aromatic rings. The molecule has 0 amide bonds. The van der Waals surface area contributed by atoms with Crippen molar-refractivity contribution >= 4 is 38.9 Å². The second-order valence-corrected chi connectivity index (χ2v) is 5.25. The van der Waals surface area contributed by atoms with Crippen LogP contribution in [0.25, 0.3) is 0 Å². The summed E-state index contributed by atoms with van der Waals surface area (Å²) in [6.07, 6.45) is 0. The summed E-state index contributed by atoms with van der Waals surface area (Å²) in [6.45, 7) is 0.701. The number of thiocarbonyl (C=S) groups is 1. The van der Waals surface area contributed by atoms with Crippen LogP contribution in [0, 0.1) is 0 Å². The van der Waals surface area contributed by atoms with Crippen LogP contribution in [0.15, 0.2) is 59.1 Å². The van der Waals surface area contributed by atoms with Crippen molar-refractivity contribution < 1.29 is 0 Å². The van der Waals surface area contributed by atoms with E-state index in [1.807, 2.05) is 42.5 Å². The predicted octanol–water partition coefficient (Wildman–Crippen LogP) is 3.44. The molecule has 5 heteroatoms. The van der Waals surface area contributed by atoms with E-state index in [0.29, 0.717) is 11.7 Å². The highest BCUT2D eigenvalue weighted by molar-refractivity contribution is 9.10. The third kappa shape index (κ3) is 4.89. The highest BCUT2D eigenvalue weighted by atomic mass is 79.9. The first kappa shape index (κ1) is 13.8. The first-order valence-electron chi connectivity index (χ1n) is 5.83. The van der Waals surface area contributed by atoms with E-state index in [9.17, 15) is 0 Å². The zero-order valence-electron chi connectivity index (χ0n) is 10.2. The van der Waals surface area contributed by atoms with Gasteiger partial charge in [0.25, 0.3) is 0 Å². The Morgan fingerprint density at radius 1 is 1.05 bits per heavy atom. The SMILES string of the molecule is S=C(NCc1ccccc1)NNc1cccc(Br)c1. The normalized spacial score (nSPS) is 9.74. The molecule has 0 radical (unpaired) electrons. The lowest BCUT2D eigenvalue weighted by molar-refractivity contribution is 0.886. The van der Waals surface area contributed by atoms with Gasteiger partial charge in [-0.25, -0.2) is 0 Å². The molecule has 0 heterocycles. The summed E-state index contributed by atoms with van der Waals surface area (Å²) in [5.41, 5.74) is 8.12. The maximum Gasteiger partial charge on any atom is 0.185 e. The lowest BCUT2D eigenvalue weighted by atomic mass is 10.2. The fourth-order valence-electron chi connectivity index (χ4n) is 1.52. The molecule has 98 valence electrons. The number of nitrogens with one attached hydrogen (secondary N) is 3. The van der Waals surface area contributed by atoms with Gasteiger partial charge in [0, 0.05) is 11.0 Å². The van der Waals surface area contributed by atoms with Gasteiger partial charge in [0.15, 0.2) is 5.11 Å². The van der Waals surface area contributed by atoms with Crippen LogP contribution in [0.2, 0.25) is 0 Å². The number of anilines is 1. The van der Waals surface area contributed by atoms with E-state index in [0.717, 1.165) is 10.2 Å². The Labute approximate surface area is 126 Å². The number of benzene rings is 2. The average Bonchev–Trinajstić information content (AvgIpc) is 2.44. The second kappa shape index (κ2) is 7.11. The quantitative estimate of drug-likeness (QED) is 0.591. The van der Waals surface area contributed by atoms with Gasteiger partial charge >= 0.3 is 0 Å². The molecule has 0 bridgehead atoms. The summed E-state index contributed by atoms with van der Waals surface area (Å²) < 4.78 is 1.02. The molecule has 2 aromatic carbocycles. The monoisotopic (exact) mass is 335 g/mol. The molecule has 0 aliphatic carbocycles. The fraction of sp³-hybridized carbons (Fsp3) is 0.0714. The summed E-state index contributed by atoms with van der Waals surface area (Å²) in [4.78, 5) is 0. The van der Waals surface area contributed by atoms with Crippen LogP contribution in [-0.4, -0.2) is 5.11 Å². The van der Waals surface area contributed by atoms with Gasteiger partial charge in [-0.3, -0.25) is 10.9 Å². The summed E-state index contributed by atoms with van der Waals surface area (Å²) in [7, 11) is 0. The maximum atomic E-state index is 5.19. The van der Waals surface area contributed by atoms with Gasteiger partial charge in [-0.2, -0.15) is 0 Å². The Bertz CT molecular complexity index is 545. The Balaban J connectivity index is 1.76. The van der Waals surface area contributed by atoms with Gasteiger partial charge in [0.1, 0.15) is 0 Å². The molecule has 3 nitrogen and oxygen atoms in total. The van der Waals surface area contributed by atoms with Gasteiger partial charge < -0.3 is 5.32 Å². The van der Waals surface area contributed by atoms with Crippen molar-refractivity contribution in [3.8, 4) is 0 Å². The largest absolute Gasteiger partial charge is 0.357 e. The summed E-state index contributed by atoms with van der Waals surface area (Å²) in [5, 5.41) is 3.69. The molecule has 0 unspecified atom stereocenters. The minimum atomic E-state index is 0.559. The van der Waals surface area contributed by atoms with Crippen molar-refractivity contribution in [2.45, 2.75) is 6.54 Å². The lowest BCUT2D eigenvalue weighted by Crippen LogP contribution is -2.38. The van der Waals surface area contributed by atoms with Gasteiger partial charge in [-0.05, 0) is 36.0 Å². The standard InChI is InChI=1S/C14H14BrN3S/c15-12-7-4-8-13(9-12)17-18-14(19)16-10-11-5-2-1-3-6-11/h1-9,17H,10H2,(H2,16,18,19). The molecule has 3 N–H and O–H groups in total. The Kier molecular flexibility index (Phi) is 5.18. The van der Waals surface area contributed by atoms with Gasteiger partial charge in [-0.1, -0.05) is 52.3 Å². The van der Waals surface area contributed by atoms with Crippen LogP contribution in [0.1, 0.15) is 5.56 Å². The predicted molar refractivity (Wildman–Crippen MR) is 86.8 cm³/mol. The Hall–Kier alpha value is -1.59. The minimum Gasteiger partial charge on any atom is -0.357 e. The maximum absolute atomic E-state index is 5.19. The van der Waals surface area contributed by atoms with Gasteiger partial charge in [-0.15, -0.1) is 0 Å².